The molecule has 4 nitrogen and oxygen atoms in total. The Bertz CT molecular complexity index is 345. The maximum absolute atomic E-state index is 12.4. The van der Waals surface area contributed by atoms with Crippen LogP contribution in [0, 0.1) is 5.41 Å². The molecule has 0 radical (unpaired) electrons. The van der Waals surface area contributed by atoms with Crippen LogP contribution in [0.2, 0.25) is 0 Å². The molecule has 0 bridgehead atoms. The highest BCUT2D eigenvalue weighted by Gasteiger charge is 2.57. The average Bonchev–Trinajstić information content (AvgIpc) is 2.49. The van der Waals surface area contributed by atoms with Gasteiger partial charge in [0.25, 0.3) is 0 Å². The zero-order chi connectivity index (χ0) is 15.1. The fourth-order valence-corrected chi connectivity index (χ4v) is 2.71. The zero-order valence-electron chi connectivity index (χ0n) is 13.5. The summed E-state index contributed by atoms with van der Waals surface area (Å²) in [5, 5.41) is 9.78. The summed E-state index contributed by atoms with van der Waals surface area (Å²) < 4.78 is 5.78. The Morgan fingerprint density at radius 3 is 2.11 bits per heavy atom. The van der Waals surface area contributed by atoms with Gasteiger partial charge in [-0.05, 0) is 47.5 Å². The fraction of sp³-hybridized carbons (Fsp3) is 0.933. The van der Waals surface area contributed by atoms with Crippen molar-refractivity contribution in [1.82, 2.24) is 5.06 Å². The van der Waals surface area contributed by atoms with Crippen molar-refractivity contribution in [3.8, 4) is 0 Å². The fourth-order valence-electron chi connectivity index (χ4n) is 2.71. The minimum absolute atomic E-state index is 0.123. The number of esters is 1. The molecule has 1 atom stereocenters. The van der Waals surface area contributed by atoms with Gasteiger partial charge in [0.05, 0.1) is 11.0 Å². The number of hydrogen-bond donors (Lipinski definition) is 0. The second-order valence-corrected chi connectivity index (χ2v) is 7.17. The first kappa shape index (κ1) is 16.4. The van der Waals surface area contributed by atoms with Gasteiger partial charge in [-0.25, -0.2) is 0 Å². The molecule has 0 aromatic rings. The summed E-state index contributed by atoms with van der Waals surface area (Å²) in [5.74, 6) is -0.123. The van der Waals surface area contributed by atoms with Crippen LogP contribution in [0.3, 0.4) is 0 Å². The number of carbonyl (C=O) groups excluding carboxylic acids is 1. The third kappa shape index (κ3) is 2.79. The molecule has 0 aromatic heterocycles. The summed E-state index contributed by atoms with van der Waals surface area (Å²) in [7, 11) is 0. The molecule has 1 saturated heterocycles. The number of hydroxylamine groups is 2. The summed E-state index contributed by atoms with van der Waals surface area (Å²) >= 11 is 0. The summed E-state index contributed by atoms with van der Waals surface area (Å²) in [4.78, 5) is 12.4. The van der Waals surface area contributed by atoms with Crippen LogP contribution >= 0.6 is 0 Å². The minimum atomic E-state index is -0.443. The number of rotatable bonds is 4. The summed E-state index contributed by atoms with van der Waals surface area (Å²) in [6.07, 6.45) is 2.05. The third-order valence-corrected chi connectivity index (χ3v) is 4.96. The molecule has 1 rings (SSSR count). The van der Waals surface area contributed by atoms with Crippen molar-refractivity contribution in [3.63, 3.8) is 0 Å². The Morgan fingerprint density at radius 2 is 1.79 bits per heavy atom. The lowest BCUT2D eigenvalue weighted by Crippen LogP contribution is -2.49. The Balaban J connectivity index is 2.87. The second kappa shape index (κ2) is 5.06. The van der Waals surface area contributed by atoms with E-state index in [-0.39, 0.29) is 17.6 Å². The Hall–Kier alpha value is -0.610. The molecule has 0 amide bonds. The van der Waals surface area contributed by atoms with E-state index in [2.05, 4.69) is 0 Å². The Morgan fingerprint density at radius 1 is 1.32 bits per heavy atom. The van der Waals surface area contributed by atoms with Crippen LogP contribution in [0.15, 0.2) is 0 Å². The van der Waals surface area contributed by atoms with Crippen molar-refractivity contribution < 1.29 is 14.7 Å². The first-order valence-corrected chi connectivity index (χ1v) is 7.24. The second-order valence-electron chi connectivity index (χ2n) is 7.17. The van der Waals surface area contributed by atoms with Gasteiger partial charge in [-0.1, -0.05) is 18.9 Å². The van der Waals surface area contributed by atoms with Crippen molar-refractivity contribution in [2.24, 2.45) is 5.41 Å². The van der Waals surface area contributed by atoms with Crippen LogP contribution in [0.25, 0.3) is 0 Å². The summed E-state index contributed by atoms with van der Waals surface area (Å²) in [6, 6.07) is 0. The monoisotopic (exact) mass is 272 g/mol. The average molecular weight is 272 g/mol. The van der Waals surface area contributed by atoms with E-state index in [9.17, 15) is 4.79 Å². The summed E-state index contributed by atoms with van der Waals surface area (Å²) in [6.45, 7) is 14.0. The van der Waals surface area contributed by atoms with E-state index >= 15 is 0 Å². The molecule has 0 aliphatic carbocycles. The lowest BCUT2D eigenvalue weighted by atomic mass is 9.84. The maximum atomic E-state index is 12.4. The number of carbonyl (C=O) groups is 1. The van der Waals surface area contributed by atoms with Crippen molar-refractivity contribution in [3.05, 3.63) is 0 Å². The van der Waals surface area contributed by atoms with Gasteiger partial charge < -0.3 is 9.94 Å². The molecule has 0 aromatic carbocycles. The molecule has 1 fully saturated rings. The molecular weight excluding hydrogens is 242 g/mol. The largest absolute Gasteiger partial charge is 0.460 e. The molecule has 0 spiro atoms. The van der Waals surface area contributed by atoms with Crippen LogP contribution in [0.5, 0.6) is 0 Å². The molecule has 1 unspecified atom stereocenters. The van der Waals surface area contributed by atoms with E-state index < -0.39 is 11.0 Å². The van der Waals surface area contributed by atoms with Crippen LogP contribution < -0.4 is 0 Å². The van der Waals surface area contributed by atoms with E-state index in [1.54, 1.807) is 5.06 Å². The van der Waals surface area contributed by atoms with Gasteiger partial charge in [0.1, 0.15) is 11.6 Å². The number of hydrogen-bond acceptors (Lipinski definition) is 3. The molecule has 1 aliphatic heterocycles. The Kier molecular flexibility index (Phi) is 4.38. The molecule has 2 N–H and O–H groups in total. The van der Waals surface area contributed by atoms with Gasteiger partial charge >= 0.3 is 5.97 Å². The molecular formula is C15H30NO3+. The van der Waals surface area contributed by atoms with Gasteiger partial charge in [-0.3, -0.25) is 4.79 Å². The summed E-state index contributed by atoms with van der Waals surface area (Å²) in [5.41, 5.74) is -1.11. The smallest absolute Gasteiger partial charge is 0.312 e. The first-order chi connectivity index (χ1) is 8.51. The topological polar surface area (TPSA) is 52.4 Å². The SMILES string of the molecule is CCC(C)(CC)C(=O)OC1CC(C)(C)N([OH2+])C1(C)C. The third-order valence-electron chi connectivity index (χ3n) is 4.96. The van der Waals surface area contributed by atoms with E-state index in [0.717, 1.165) is 12.8 Å². The van der Waals surface area contributed by atoms with Gasteiger partial charge in [-0.15, -0.1) is 0 Å². The molecule has 0 saturated carbocycles. The maximum Gasteiger partial charge on any atom is 0.312 e. The van der Waals surface area contributed by atoms with Gasteiger partial charge in [0.15, 0.2) is 0 Å². The van der Waals surface area contributed by atoms with Crippen LogP contribution in [-0.4, -0.2) is 33.4 Å². The van der Waals surface area contributed by atoms with Gasteiger partial charge in [0.2, 0.25) is 0 Å². The standard InChI is InChI=1S/C15H29NO3/c1-8-15(7,9-2)12(17)19-11-10-13(3,4)16(18)14(11,5)6/h11,18H,8-10H2,1-7H3/p+1. The van der Waals surface area contributed by atoms with Crippen molar-refractivity contribution in [2.45, 2.75) is 84.9 Å². The van der Waals surface area contributed by atoms with Crippen molar-refractivity contribution >= 4 is 5.97 Å². The molecule has 1 aliphatic rings. The highest BCUT2D eigenvalue weighted by atomic mass is 16.6. The minimum Gasteiger partial charge on any atom is -0.460 e. The van der Waals surface area contributed by atoms with Gasteiger partial charge in [-0.2, -0.15) is 0 Å². The molecule has 4 heteroatoms. The number of ether oxygens (including phenoxy) is 1. The molecule has 19 heavy (non-hydrogen) atoms. The quantitative estimate of drug-likeness (QED) is 0.584. The van der Waals surface area contributed by atoms with Crippen LogP contribution in [0.4, 0.5) is 0 Å². The van der Waals surface area contributed by atoms with Crippen molar-refractivity contribution in [2.75, 3.05) is 0 Å². The molecule has 112 valence electrons. The van der Waals surface area contributed by atoms with Crippen molar-refractivity contribution in [1.29, 1.82) is 0 Å². The predicted molar refractivity (Wildman–Crippen MR) is 76.8 cm³/mol. The normalized spacial score (nSPS) is 26.4. The van der Waals surface area contributed by atoms with E-state index in [1.165, 1.54) is 0 Å². The Labute approximate surface area is 117 Å². The first-order valence-electron chi connectivity index (χ1n) is 7.24. The zero-order valence-corrected chi connectivity index (χ0v) is 13.5. The highest BCUT2D eigenvalue weighted by Crippen LogP contribution is 2.42. The van der Waals surface area contributed by atoms with Crippen LogP contribution in [-0.2, 0) is 9.53 Å². The van der Waals surface area contributed by atoms with E-state index in [1.807, 2.05) is 48.5 Å². The van der Waals surface area contributed by atoms with Gasteiger partial charge in [0, 0.05) is 6.42 Å². The van der Waals surface area contributed by atoms with Crippen LogP contribution in [0.1, 0.15) is 67.7 Å². The lowest BCUT2D eigenvalue weighted by molar-refractivity contribution is -0.207. The van der Waals surface area contributed by atoms with E-state index in [0.29, 0.717) is 6.42 Å². The number of nitrogens with zero attached hydrogens (tertiary/aromatic N) is 1. The molecule has 1 heterocycles. The predicted octanol–water partition coefficient (Wildman–Crippen LogP) is 2.63. The highest BCUT2D eigenvalue weighted by molar-refractivity contribution is 5.76. The van der Waals surface area contributed by atoms with E-state index in [4.69, 9.17) is 9.94 Å². The lowest BCUT2D eigenvalue weighted by Gasteiger charge is -2.32.